The van der Waals surface area contributed by atoms with Crippen LogP contribution in [0.3, 0.4) is 0 Å². The summed E-state index contributed by atoms with van der Waals surface area (Å²) in [5, 5.41) is 13.0. The van der Waals surface area contributed by atoms with Gasteiger partial charge in [-0.05, 0) is 23.1 Å². The molecule has 2 heterocycles. The number of ether oxygens (including phenoxy) is 1. The standard InChI is InChI=1S/C26H23ClN2O4/c1-17-16-33-26(24(29(31)32)22(17)19-11-6-3-7-12-19)20-13-8-14-21(27)23(20)28(25(26)30)15-18-9-4-2-5-10-18/h2-14,17,22,24H,15-16H2,1H3/t17-,22-,24-,26+/m0/s1. The number of nitrogens with zero attached hydrogens (tertiary/aromatic N) is 2. The van der Waals surface area contributed by atoms with Crippen molar-refractivity contribution in [2.24, 2.45) is 5.92 Å². The summed E-state index contributed by atoms with van der Waals surface area (Å²) in [6, 6.07) is 22.7. The Bertz CT molecular complexity index is 1200. The van der Waals surface area contributed by atoms with Gasteiger partial charge in [0.2, 0.25) is 5.60 Å². The zero-order valence-corrected chi connectivity index (χ0v) is 18.8. The van der Waals surface area contributed by atoms with Gasteiger partial charge in [0.1, 0.15) is 0 Å². The van der Waals surface area contributed by atoms with Gasteiger partial charge < -0.3 is 9.64 Å². The van der Waals surface area contributed by atoms with Gasteiger partial charge in [-0.3, -0.25) is 14.9 Å². The first-order valence-corrected chi connectivity index (χ1v) is 11.3. The van der Waals surface area contributed by atoms with E-state index in [1.54, 1.807) is 23.1 Å². The van der Waals surface area contributed by atoms with E-state index in [4.69, 9.17) is 16.3 Å². The van der Waals surface area contributed by atoms with Crippen LogP contribution in [0.15, 0.2) is 78.9 Å². The zero-order valence-electron chi connectivity index (χ0n) is 18.1. The molecule has 0 aromatic heterocycles. The smallest absolute Gasteiger partial charge is 0.271 e. The molecule has 7 heteroatoms. The van der Waals surface area contributed by atoms with Crippen LogP contribution in [0.2, 0.25) is 5.02 Å². The van der Waals surface area contributed by atoms with E-state index in [0.29, 0.717) is 16.3 Å². The molecule has 0 saturated carbocycles. The number of fused-ring (bicyclic) bond motifs is 2. The van der Waals surface area contributed by atoms with Gasteiger partial charge in [0.05, 0.1) is 29.8 Å². The van der Waals surface area contributed by atoms with Gasteiger partial charge in [-0.15, -0.1) is 0 Å². The largest absolute Gasteiger partial charge is 0.354 e. The Morgan fingerprint density at radius 2 is 1.73 bits per heavy atom. The van der Waals surface area contributed by atoms with Crippen LogP contribution in [-0.4, -0.2) is 23.5 Å². The van der Waals surface area contributed by atoms with E-state index < -0.39 is 23.5 Å². The number of carbonyl (C=O) groups excluding carboxylic acids is 1. The van der Waals surface area contributed by atoms with Gasteiger partial charge in [0.25, 0.3) is 11.9 Å². The molecule has 1 amide bonds. The van der Waals surface area contributed by atoms with Crippen molar-refractivity contribution in [2.75, 3.05) is 11.5 Å². The molecular formula is C26H23ClN2O4. The summed E-state index contributed by atoms with van der Waals surface area (Å²) < 4.78 is 6.23. The number of para-hydroxylation sites is 1. The Labute approximate surface area is 196 Å². The second kappa shape index (κ2) is 8.28. The fourth-order valence-corrected chi connectivity index (χ4v) is 5.61. The number of carbonyl (C=O) groups is 1. The van der Waals surface area contributed by atoms with Crippen LogP contribution in [0.1, 0.15) is 29.5 Å². The minimum absolute atomic E-state index is 0.146. The Morgan fingerprint density at radius 1 is 1.06 bits per heavy atom. The monoisotopic (exact) mass is 462 g/mol. The van der Waals surface area contributed by atoms with Gasteiger partial charge in [0.15, 0.2) is 0 Å². The molecule has 6 nitrogen and oxygen atoms in total. The van der Waals surface area contributed by atoms with E-state index in [2.05, 4.69) is 0 Å². The minimum Gasteiger partial charge on any atom is -0.354 e. The Morgan fingerprint density at radius 3 is 2.39 bits per heavy atom. The molecule has 0 bridgehead atoms. The summed E-state index contributed by atoms with van der Waals surface area (Å²) in [7, 11) is 0. The Kier molecular flexibility index (Phi) is 5.43. The first kappa shape index (κ1) is 21.6. The third kappa shape index (κ3) is 3.33. The van der Waals surface area contributed by atoms with Crippen LogP contribution in [0.5, 0.6) is 0 Å². The molecule has 168 valence electrons. The van der Waals surface area contributed by atoms with E-state index in [1.807, 2.05) is 67.6 Å². The van der Waals surface area contributed by atoms with Gasteiger partial charge in [-0.1, -0.05) is 91.3 Å². The highest BCUT2D eigenvalue weighted by Gasteiger charge is 2.68. The third-order valence-corrected chi connectivity index (χ3v) is 7.06. The van der Waals surface area contributed by atoms with Crippen molar-refractivity contribution in [1.29, 1.82) is 0 Å². The predicted octanol–water partition coefficient (Wildman–Crippen LogP) is 5.18. The van der Waals surface area contributed by atoms with Crippen molar-refractivity contribution in [1.82, 2.24) is 0 Å². The minimum atomic E-state index is -1.74. The normalized spacial score (nSPS) is 26.4. The molecule has 33 heavy (non-hydrogen) atoms. The van der Waals surface area contributed by atoms with Crippen molar-refractivity contribution >= 4 is 23.2 Å². The molecule has 0 unspecified atom stereocenters. The van der Waals surface area contributed by atoms with E-state index in [1.165, 1.54) is 0 Å². The molecule has 1 fully saturated rings. The van der Waals surface area contributed by atoms with Crippen LogP contribution in [-0.2, 0) is 21.7 Å². The number of anilines is 1. The van der Waals surface area contributed by atoms with E-state index in [0.717, 1.165) is 11.1 Å². The Hall–Kier alpha value is -3.22. The van der Waals surface area contributed by atoms with Crippen LogP contribution in [0.4, 0.5) is 5.69 Å². The number of hydrogen-bond acceptors (Lipinski definition) is 4. The fourth-order valence-electron chi connectivity index (χ4n) is 5.33. The molecule has 0 aliphatic carbocycles. The molecule has 0 radical (unpaired) electrons. The number of halogens is 1. The molecule has 0 N–H and O–H groups in total. The first-order valence-electron chi connectivity index (χ1n) is 10.9. The number of rotatable bonds is 4. The number of benzene rings is 3. The maximum atomic E-state index is 14.1. The highest BCUT2D eigenvalue weighted by Crippen LogP contribution is 2.55. The number of amides is 1. The second-order valence-corrected chi connectivity index (χ2v) is 9.11. The SMILES string of the molecule is C[C@H]1CO[C@@]2(C(=O)N(Cc3ccccc3)c3c(Cl)cccc32)[C@@H]([N+](=O)[O-])[C@@H]1c1ccccc1. The van der Waals surface area contributed by atoms with Gasteiger partial charge in [-0.2, -0.15) is 0 Å². The van der Waals surface area contributed by atoms with E-state index >= 15 is 0 Å². The molecule has 3 aromatic carbocycles. The summed E-state index contributed by atoms with van der Waals surface area (Å²) >= 11 is 6.59. The summed E-state index contributed by atoms with van der Waals surface area (Å²) in [6.45, 7) is 2.40. The third-order valence-electron chi connectivity index (χ3n) is 6.76. The van der Waals surface area contributed by atoms with Crippen LogP contribution >= 0.6 is 11.6 Å². The lowest BCUT2D eigenvalue weighted by Gasteiger charge is -2.42. The maximum Gasteiger partial charge on any atom is 0.271 e. The highest BCUT2D eigenvalue weighted by molar-refractivity contribution is 6.35. The summed E-state index contributed by atoms with van der Waals surface area (Å²) in [6.07, 6.45) is 0. The predicted molar refractivity (Wildman–Crippen MR) is 126 cm³/mol. The maximum absolute atomic E-state index is 14.1. The Balaban J connectivity index is 1.70. The number of hydrogen-bond donors (Lipinski definition) is 0. The molecule has 4 atom stereocenters. The average Bonchev–Trinajstić information content (AvgIpc) is 3.05. The highest BCUT2D eigenvalue weighted by atomic mass is 35.5. The quantitative estimate of drug-likeness (QED) is 0.395. The van der Waals surface area contributed by atoms with Crippen LogP contribution < -0.4 is 4.90 Å². The van der Waals surface area contributed by atoms with E-state index in [9.17, 15) is 14.9 Å². The molecule has 2 aliphatic heterocycles. The summed E-state index contributed by atoms with van der Waals surface area (Å²) in [5.74, 6) is -1.08. The van der Waals surface area contributed by atoms with Crippen LogP contribution in [0.25, 0.3) is 0 Å². The lowest BCUT2D eigenvalue weighted by Crippen LogP contribution is -2.60. The lowest BCUT2D eigenvalue weighted by atomic mass is 9.70. The summed E-state index contributed by atoms with van der Waals surface area (Å²) in [5.41, 5.74) is 0.931. The second-order valence-electron chi connectivity index (χ2n) is 8.70. The lowest BCUT2D eigenvalue weighted by molar-refractivity contribution is -0.556. The van der Waals surface area contributed by atoms with Crippen molar-refractivity contribution < 1.29 is 14.5 Å². The molecule has 3 aromatic rings. The molecule has 1 saturated heterocycles. The average molecular weight is 463 g/mol. The topological polar surface area (TPSA) is 72.7 Å². The zero-order chi connectivity index (χ0) is 23.2. The molecule has 2 aliphatic rings. The molecule has 1 spiro atoms. The molecule has 5 rings (SSSR count). The van der Waals surface area contributed by atoms with Gasteiger partial charge >= 0.3 is 0 Å². The molecular weight excluding hydrogens is 440 g/mol. The van der Waals surface area contributed by atoms with Crippen LogP contribution in [0, 0.1) is 16.0 Å². The van der Waals surface area contributed by atoms with Crippen molar-refractivity contribution in [3.05, 3.63) is 111 Å². The van der Waals surface area contributed by atoms with Crippen molar-refractivity contribution in [3.63, 3.8) is 0 Å². The van der Waals surface area contributed by atoms with Crippen molar-refractivity contribution in [2.45, 2.75) is 31.0 Å². The van der Waals surface area contributed by atoms with Gasteiger partial charge in [0, 0.05) is 10.5 Å². The first-order chi connectivity index (χ1) is 15.9. The number of nitro groups is 1. The van der Waals surface area contributed by atoms with E-state index in [-0.39, 0.29) is 24.0 Å². The van der Waals surface area contributed by atoms with Crippen molar-refractivity contribution in [3.8, 4) is 0 Å². The summed E-state index contributed by atoms with van der Waals surface area (Å²) in [4.78, 5) is 28.0. The fraction of sp³-hybridized carbons (Fsp3) is 0.269. The van der Waals surface area contributed by atoms with Gasteiger partial charge in [-0.25, -0.2) is 0 Å².